The number of hydrogen-bond donors (Lipinski definition) is 2. The van der Waals surface area contributed by atoms with Gasteiger partial charge in [0.15, 0.2) is 11.5 Å². The quantitative estimate of drug-likeness (QED) is 0.267. The third-order valence-corrected chi connectivity index (χ3v) is 6.72. The number of rotatable bonds is 9. The number of nitrogens with zero attached hydrogens (tertiary/aromatic N) is 3. The summed E-state index contributed by atoms with van der Waals surface area (Å²) in [7, 11) is 0. The first kappa shape index (κ1) is 24.5. The summed E-state index contributed by atoms with van der Waals surface area (Å²) in [6, 6.07) is 10.7. The summed E-state index contributed by atoms with van der Waals surface area (Å²) in [6.07, 6.45) is 7.06. The molecule has 5 rings (SSSR count). The van der Waals surface area contributed by atoms with Crippen molar-refractivity contribution in [2.45, 2.75) is 52.5 Å². The Bertz CT molecular complexity index is 1600. The largest absolute Gasteiger partial charge is 0.454 e. The number of ether oxygens (including phenoxy) is 2. The van der Waals surface area contributed by atoms with Crippen LogP contribution in [0.4, 0.5) is 0 Å². The highest BCUT2D eigenvalue weighted by Crippen LogP contribution is 2.32. The Morgan fingerprint density at radius 3 is 2.73 bits per heavy atom. The van der Waals surface area contributed by atoms with E-state index in [1.54, 1.807) is 16.8 Å². The Labute approximate surface area is 214 Å². The van der Waals surface area contributed by atoms with Gasteiger partial charge in [-0.3, -0.25) is 19.4 Å². The topological polar surface area (TPSA) is 111 Å². The van der Waals surface area contributed by atoms with E-state index in [4.69, 9.17) is 19.9 Å². The maximum atomic E-state index is 13.5. The Hall–Kier alpha value is -4.14. The van der Waals surface area contributed by atoms with E-state index >= 15 is 0 Å². The van der Waals surface area contributed by atoms with Crippen LogP contribution in [0.1, 0.15) is 60.5 Å². The predicted molar refractivity (Wildman–Crippen MR) is 140 cm³/mol. The number of nitrogens with one attached hydrogen (secondary N) is 2. The molecule has 37 heavy (non-hydrogen) atoms. The minimum Gasteiger partial charge on any atom is -0.454 e. The summed E-state index contributed by atoms with van der Waals surface area (Å²) in [5.74, 6) is 0.922. The van der Waals surface area contributed by atoms with Crippen molar-refractivity contribution in [2.75, 3.05) is 13.3 Å². The molecule has 0 saturated carbocycles. The zero-order valence-corrected chi connectivity index (χ0v) is 21.2. The fourth-order valence-corrected chi connectivity index (χ4v) is 4.67. The number of fused-ring (bicyclic) bond motifs is 3. The number of carbonyl (C=O) groups is 1. The average Bonchev–Trinajstić information content (AvgIpc) is 3.36. The SMILES string of the molecule is CCCCCCCNC(=O)c1cc2c(=O)n3cccc(C)c3nc2n(Cc2ccc3c(c2)OCO3)c1=N. The maximum absolute atomic E-state index is 13.5. The van der Waals surface area contributed by atoms with Crippen LogP contribution in [-0.2, 0) is 6.54 Å². The molecule has 0 aliphatic carbocycles. The molecule has 0 spiro atoms. The molecule has 2 N–H and O–H groups in total. The summed E-state index contributed by atoms with van der Waals surface area (Å²) in [5.41, 5.74) is 2.42. The molecule has 0 radical (unpaired) electrons. The lowest BCUT2D eigenvalue weighted by Gasteiger charge is -2.15. The first-order valence-electron chi connectivity index (χ1n) is 12.7. The Balaban J connectivity index is 1.59. The van der Waals surface area contributed by atoms with Gasteiger partial charge in [-0.05, 0) is 48.7 Å². The third-order valence-electron chi connectivity index (χ3n) is 6.72. The normalized spacial score (nSPS) is 12.4. The molecule has 0 bridgehead atoms. The standard InChI is InChI=1S/C28H31N5O4/c1-3-4-5-6-7-12-30-27(34)20-15-21-26(31-25-18(2)9-8-13-32(25)28(21)35)33(24(20)29)16-19-10-11-22-23(14-19)37-17-36-22/h8-11,13-15,29H,3-7,12,16-17H2,1-2H3,(H,30,34). The van der Waals surface area contributed by atoms with Crippen LogP contribution in [0.3, 0.4) is 0 Å². The molecule has 9 heteroatoms. The molecule has 4 aromatic rings. The molecule has 1 aliphatic heterocycles. The highest BCUT2D eigenvalue weighted by molar-refractivity contribution is 5.96. The van der Waals surface area contributed by atoms with Crippen molar-refractivity contribution in [3.8, 4) is 11.5 Å². The van der Waals surface area contributed by atoms with Gasteiger partial charge in [0.2, 0.25) is 6.79 Å². The zero-order chi connectivity index (χ0) is 25.9. The first-order chi connectivity index (χ1) is 18.0. The minimum atomic E-state index is -0.365. The van der Waals surface area contributed by atoms with Gasteiger partial charge in [0, 0.05) is 12.7 Å². The lowest BCUT2D eigenvalue weighted by molar-refractivity contribution is 0.0950. The lowest BCUT2D eigenvalue weighted by atomic mass is 10.1. The molecule has 0 fully saturated rings. The van der Waals surface area contributed by atoms with Gasteiger partial charge >= 0.3 is 0 Å². The number of pyridine rings is 2. The van der Waals surface area contributed by atoms with Crippen LogP contribution in [0.5, 0.6) is 11.5 Å². The second kappa shape index (κ2) is 10.5. The number of benzene rings is 1. The molecular weight excluding hydrogens is 470 g/mol. The van der Waals surface area contributed by atoms with Crippen LogP contribution in [0, 0.1) is 12.3 Å². The van der Waals surface area contributed by atoms with Gasteiger partial charge in [-0.2, -0.15) is 0 Å². The zero-order valence-electron chi connectivity index (χ0n) is 21.2. The van der Waals surface area contributed by atoms with Crippen molar-refractivity contribution in [3.05, 3.63) is 75.1 Å². The highest BCUT2D eigenvalue weighted by Gasteiger charge is 2.19. The van der Waals surface area contributed by atoms with Crippen molar-refractivity contribution in [2.24, 2.45) is 0 Å². The maximum Gasteiger partial charge on any atom is 0.267 e. The van der Waals surface area contributed by atoms with E-state index in [1.165, 1.54) is 16.9 Å². The van der Waals surface area contributed by atoms with Crippen molar-refractivity contribution >= 4 is 22.6 Å². The van der Waals surface area contributed by atoms with Crippen LogP contribution in [0.15, 0.2) is 47.4 Å². The van der Waals surface area contributed by atoms with E-state index < -0.39 is 0 Å². The van der Waals surface area contributed by atoms with Crippen molar-refractivity contribution in [1.29, 1.82) is 5.41 Å². The van der Waals surface area contributed by atoms with E-state index in [2.05, 4.69) is 12.2 Å². The molecule has 0 saturated heterocycles. The number of hydrogen-bond acceptors (Lipinski definition) is 6. The fourth-order valence-electron chi connectivity index (χ4n) is 4.67. The first-order valence-corrected chi connectivity index (χ1v) is 12.7. The van der Waals surface area contributed by atoms with E-state index in [0.29, 0.717) is 29.3 Å². The summed E-state index contributed by atoms with van der Waals surface area (Å²) in [6.45, 7) is 4.98. The van der Waals surface area contributed by atoms with Crippen LogP contribution in [-0.4, -0.2) is 33.2 Å². The van der Waals surface area contributed by atoms with Gasteiger partial charge in [0.05, 0.1) is 17.5 Å². The molecule has 0 unspecified atom stereocenters. The molecule has 192 valence electrons. The van der Waals surface area contributed by atoms with E-state index in [9.17, 15) is 9.59 Å². The van der Waals surface area contributed by atoms with E-state index in [0.717, 1.165) is 36.8 Å². The van der Waals surface area contributed by atoms with E-state index in [-0.39, 0.29) is 41.2 Å². The van der Waals surface area contributed by atoms with Gasteiger partial charge in [0.25, 0.3) is 11.5 Å². The molecule has 3 aromatic heterocycles. The Morgan fingerprint density at radius 2 is 1.89 bits per heavy atom. The number of carbonyl (C=O) groups excluding carboxylic acids is 1. The van der Waals surface area contributed by atoms with Crippen LogP contribution < -0.4 is 25.8 Å². The summed E-state index contributed by atoms with van der Waals surface area (Å²) >= 11 is 0. The second-order valence-corrected chi connectivity index (χ2v) is 9.39. The van der Waals surface area contributed by atoms with E-state index in [1.807, 2.05) is 31.2 Å². The Morgan fingerprint density at radius 1 is 1.08 bits per heavy atom. The van der Waals surface area contributed by atoms with Gasteiger partial charge in [-0.15, -0.1) is 0 Å². The molecule has 1 amide bonds. The molecule has 0 atom stereocenters. The van der Waals surface area contributed by atoms with Crippen molar-refractivity contribution in [3.63, 3.8) is 0 Å². The number of aryl methyl sites for hydroxylation is 1. The predicted octanol–water partition coefficient (Wildman–Crippen LogP) is 3.91. The third kappa shape index (κ3) is 4.81. The average molecular weight is 502 g/mol. The Kier molecular flexibility index (Phi) is 6.94. The second-order valence-electron chi connectivity index (χ2n) is 9.39. The molecular formula is C28H31N5O4. The summed E-state index contributed by atoms with van der Waals surface area (Å²) < 4.78 is 14.0. The van der Waals surface area contributed by atoms with Crippen molar-refractivity contribution in [1.82, 2.24) is 19.3 Å². The number of aromatic nitrogens is 3. The molecule has 1 aromatic carbocycles. The fraction of sp³-hybridized carbons (Fsp3) is 0.357. The molecule has 1 aliphatic rings. The van der Waals surface area contributed by atoms with Gasteiger partial charge in [-0.1, -0.05) is 44.7 Å². The molecule has 4 heterocycles. The van der Waals surface area contributed by atoms with Crippen molar-refractivity contribution < 1.29 is 14.3 Å². The van der Waals surface area contributed by atoms with Gasteiger partial charge in [-0.25, -0.2) is 4.98 Å². The van der Waals surface area contributed by atoms with Crippen LogP contribution >= 0.6 is 0 Å². The van der Waals surface area contributed by atoms with Gasteiger partial charge < -0.3 is 19.4 Å². The number of unbranched alkanes of at least 4 members (excludes halogenated alkanes) is 4. The molecule has 9 nitrogen and oxygen atoms in total. The summed E-state index contributed by atoms with van der Waals surface area (Å²) in [5, 5.41) is 12.2. The lowest BCUT2D eigenvalue weighted by Crippen LogP contribution is -2.35. The minimum absolute atomic E-state index is 0.00140. The number of amides is 1. The van der Waals surface area contributed by atoms with Gasteiger partial charge in [0.1, 0.15) is 16.8 Å². The smallest absolute Gasteiger partial charge is 0.267 e. The highest BCUT2D eigenvalue weighted by atomic mass is 16.7. The van der Waals surface area contributed by atoms with Crippen LogP contribution in [0.25, 0.3) is 16.7 Å². The monoisotopic (exact) mass is 501 g/mol. The summed E-state index contributed by atoms with van der Waals surface area (Å²) in [4.78, 5) is 31.5. The van der Waals surface area contributed by atoms with Crippen LogP contribution in [0.2, 0.25) is 0 Å².